The molecule has 0 aromatic heterocycles. The van der Waals surface area contributed by atoms with E-state index in [4.69, 9.17) is 0 Å². The molecule has 0 saturated carbocycles. The lowest BCUT2D eigenvalue weighted by Gasteiger charge is -2.34. The Labute approximate surface area is 106 Å². The lowest BCUT2D eigenvalue weighted by Crippen LogP contribution is -2.45. The van der Waals surface area contributed by atoms with Gasteiger partial charge in [-0.2, -0.15) is 0 Å². The number of hydrogen-bond donors (Lipinski definition) is 1. The fraction of sp³-hybridized carbons (Fsp3) is 0.462. The molecule has 0 bridgehead atoms. The van der Waals surface area contributed by atoms with Crippen LogP contribution in [-0.4, -0.2) is 34.0 Å². The van der Waals surface area contributed by atoms with Gasteiger partial charge in [0, 0.05) is 18.7 Å². The SMILES string of the molecule is OC1(c2ccccc2)CSC2=NCCCCN21. The van der Waals surface area contributed by atoms with Crippen molar-refractivity contribution in [1.29, 1.82) is 0 Å². The van der Waals surface area contributed by atoms with Crippen LogP contribution in [0.15, 0.2) is 35.3 Å². The molecule has 2 aliphatic heterocycles. The van der Waals surface area contributed by atoms with Gasteiger partial charge in [0.2, 0.25) is 0 Å². The highest BCUT2D eigenvalue weighted by atomic mass is 32.2. The van der Waals surface area contributed by atoms with E-state index in [-0.39, 0.29) is 0 Å². The van der Waals surface area contributed by atoms with Gasteiger partial charge in [0.1, 0.15) is 0 Å². The Balaban J connectivity index is 1.98. The minimum absolute atomic E-state index is 0.676. The molecule has 3 rings (SSSR count). The van der Waals surface area contributed by atoms with Crippen molar-refractivity contribution < 1.29 is 5.11 Å². The average Bonchev–Trinajstić information content (AvgIpc) is 2.57. The summed E-state index contributed by atoms with van der Waals surface area (Å²) in [5.41, 5.74) is 0.106. The fourth-order valence-electron chi connectivity index (χ4n) is 2.39. The van der Waals surface area contributed by atoms with E-state index in [1.807, 2.05) is 30.3 Å². The van der Waals surface area contributed by atoms with Crippen molar-refractivity contribution >= 4 is 16.9 Å². The number of amidine groups is 1. The summed E-state index contributed by atoms with van der Waals surface area (Å²) in [4.78, 5) is 6.62. The van der Waals surface area contributed by atoms with E-state index < -0.39 is 5.72 Å². The number of aliphatic imine (C=N–C) groups is 1. The largest absolute Gasteiger partial charge is 0.366 e. The number of aliphatic hydroxyl groups is 1. The van der Waals surface area contributed by atoms with Crippen molar-refractivity contribution in [2.45, 2.75) is 18.6 Å². The molecule has 0 spiro atoms. The second-order valence-corrected chi connectivity index (χ2v) is 5.44. The number of fused-ring (bicyclic) bond motifs is 1. The molecule has 1 atom stereocenters. The number of nitrogens with zero attached hydrogens (tertiary/aromatic N) is 2. The Morgan fingerprint density at radius 2 is 2.06 bits per heavy atom. The van der Waals surface area contributed by atoms with Gasteiger partial charge in [-0.3, -0.25) is 4.99 Å². The van der Waals surface area contributed by atoms with Gasteiger partial charge in [0.05, 0.1) is 5.75 Å². The maximum absolute atomic E-state index is 10.9. The molecule has 0 aliphatic carbocycles. The molecule has 1 fully saturated rings. The van der Waals surface area contributed by atoms with Crippen LogP contribution >= 0.6 is 11.8 Å². The van der Waals surface area contributed by atoms with Crippen molar-refractivity contribution in [2.75, 3.05) is 18.8 Å². The molecule has 90 valence electrons. The lowest BCUT2D eigenvalue weighted by atomic mass is 10.0. The number of benzene rings is 1. The third kappa shape index (κ3) is 1.85. The molecule has 4 heteroatoms. The van der Waals surface area contributed by atoms with Gasteiger partial charge < -0.3 is 10.0 Å². The molecule has 1 aromatic rings. The van der Waals surface area contributed by atoms with Crippen molar-refractivity contribution in [3.63, 3.8) is 0 Å². The number of hydrogen-bond acceptors (Lipinski definition) is 4. The zero-order chi connectivity index (χ0) is 11.7. The van der Waals surface area contributed by atoms with E-state index in [9.17, 15) is 5.11 Å². The van der Waals surface area contributed by atoms with Crippen molar-refractivity contribution in [3.05, 3.63) is 35.9 Å². The van der Waals surface area contributed by atoms with E-state index in [0.29, 0.717) is 5.75 Å². The van der Waals surface area contributed by atoms with Crippen LogP contribution in [0.1, 0.15) is 18.4 Å². The molecule has 3 nitrogen and oxygen atoms in total. The number of rotatable bonds is 1. The summed E-state index contributed by atoms with van der Waals surface area (Å²) in [6.07, 6.45) is 2.22. The van der Waals surface area contributed by atoms with Gasteiger partial charge in [-0.25, -0.2) is 0 Å². The highest BCUT2D eigenvalue weighted by molar-refractivity contribution is 8.14. The molecular formula is C13H16N2OS. The standard InChI is InChI=1S/C13H16N2OS/c16-13(11-6-2-1-3-7-11)10-17-12-14-8-4-5-9-15(12)13/h1-3,6-7,16H,4-5,8-10H2. The van der Waals surface area contributed by atoms with Gasteiger partial charge in [-0.1, -0.05) is 42.1 Å². The van der Waals surface area contributed by atoms with E-state index >= 15 is 0 Å². The first-order chi connectivity index (χ1) is 8.31. The first-order valence-electron chi connectivity index (χ1n) is 6.03. The maximum Gasteiger partial charge on any atom is 0.175 e. The summed E-state index contributed by atoms with van der Waals surface area (Å²) in [6, 6.07) is 9.92. The quantitative estimate of drug-likeness (QED) is 0.826. The van der Waals surface area contributed by atoms with Gasteiger partial charge in [0.25, 0.3) is 0 Å². The van der Waals surface area contributed by atoms with E-state index in [1.165, 1.54) is 0 Å². The Morgan fingerprint density at radius 1 is 1.24 bits per heavy atom. The molecule has 2 aliphatic rings. The third-order valence-electron chi connectivity index (χ3n) is 3.35. The van der Waals surface area contributed by atoms with E-state index in [2.05, 4.69) is 9.89 Å². The summed E-state index contributed by atoms with van der Waals surface area (Å²) in [5, 5.41) is 11.9. The number of thioether (sulfide) groups is 1. The zero-order valence-corrected chi connectivity index (χ0v) is 10.5. The van der Waals surface area contributed by atoms with Gasteiger partial charge in [-0.05, 0) is 12.8 Å². The molecular weight excluding hydrogens is 232 g/mol. The topological polar surface area (TPSA) is 35.8 Å². The molecule has 1 aromatic carbocycles. The van der Waals surface area contributed by atoms with Crippen molar-refractivity contribution in [3.8, 4) is 0 Å². The van der Waals surface area contributed by atoms with Crippen LogP contribution in [-0.2, 0) is 5.72 Å². The van der Waals surface area contributed by atoms with Crippen LogP contribution in [0.3, 0.4) is 0 Å². The predicted molar refractivity (Wildman–Crippen MR) is 71.0 cm³/mol. The normalized spacial score (nSPS) is 28.5. The first kappa shape index (κ1) is 11.1. The Kier molecular flexibility index (Phi) is 2.84. The fourth-order valence-corrected chi connectivity index (χ4v) is 3.63. The highest BCUT2D eigenvalue weighted by Crippen LogP contribution is 2.39. The van der Waals surface area contributed by atoms with E-state index in [1.54, 1.807) is 11.8 Å². The molecule has 0 amide bonds. The summed E-state index contributed by atoms with van der Waals surface area (Å²) >= 11 is 1.67. The van der Waals surface area contributed by atoms with Crippen LogP contribution in [0.5, 0.6) is 0 Å². The monoisotopic (exact) mass is 248 g/mol. The summed E-state index contributed by atoms with van der Waals surface area (Å²) in [5.74, 6) is 0.676. The predicted octanol–water partition coefficient (Wildman–Crippen LogP) is 2.03. The third-order valence-corrected chi connectivity index (χ3v) is 4.51. The lowest BCUT2D eigenvalue weighted by molar-refractivity contribution is -0.0474. The minimum Gasteiger partial charge on any atom is -0.366 e. The molecule has 1 unspecified atom stereocenters. The second-order valence-electron chi connectivity index (χ2n) is 4.49. The maximum atomic E-state index is 10.9. The van der Waals surface area contributed by atoms with Crippen molar-refractivity contribution in [1.82, 2.24) is 4.90 Å². The van der Waals surface area contributed by atoms with Gasteiger partial charge in [-0.15, -0.1) is 0 Å². The summed E-state index contributed by atoms with van der Waals surface area (Å²) in [7, 11) is 0. The second kappa shape index (κ2) is 4.35. The Hall–Kier alpha value is -1.00. The molecule has 17 heavy (non-hydrogen) atoms. The van der Waals surface area contributed by atoms with Crippen molar-refractivity contribution in [2.24, 2.45) is 4.99 Å². The van der Waals surface area contributed by atoms with Crippen LogP contribution < -0.4 is 0 Å². The van der Waals surface area contributed by atoms with Gasteiger partial charge in [0.15, 0.2) is 10.9 Å². The van der Waals surface area contributed by atoms with Crippen LogP contribution in [0.25, 0.3) is 0 Å². The van der Waals surface area contributed by atoms with Crippen LogP contribution in [0.4, 0.5) is 0 Å². The molecule has 2 heterocycles. The van der Waals surface area contributed by atoms with Gasteiger partial charge >= 0.3 is 0 Å². The van der Waals surface area contributed by atoms with E-state index in [0.717, 1.165) is 36.7 Å². The minimum atomic E-state index is -0.866. The summed E-state index contributed by atoms with van der Waals surface area (Å²) < 4.78 is 0. The Morgan fingerprint density at radius 3 is 2.88 bits per heavy atom. The smallest absolute Gasteiger partial charge is 0.175 e. The molecule has 0 radical (unpaired) electrons. The Bertz CT molecular complexity index is 434. The summed E-state index contributed by atoms with van der Waals surface area (Å²) in [6.45, 7) is 1.79. The highest BCUT2D eigenvalue weighted by Gasteiger charge is 2.44. The average molecular weight is 248 g/mol. The molecule has 1 N–H and O–H groups in total. The zero-order valence-electron chi connectivity index (χ0n) is 9.67. The van der Waals surface area contributed by atoms with Crippen LogP contribution in [0, 0.1) is 0 Å². The van der Waals surface area contributed by atoms with Crippen LogP contribution in [0.2, 0.25) is 0 Å². The molecule has 1 saturated heterocycles. The first-order valence-corrected chi connectivity index (χ1v) is 7.02.